The Morgan fingerprint density at radius 1 is 1.19 bits per heavy atom. The largest absolute Gasteiger partial charge is 0.497 e. The van der Waals surface area contributed by atoms with E-state index < -0.39 is 5.41 Å². The molecule has 0 saturated carbocycles. The lowest BCUT2D eigenvalue weighted by molar-refractivity contribution is -0.126. The molecule has 2 aromatic carbocycles. The topological polar surface area (TPSA) is 76.5 Å². The smallest absolute Gasteiger partial charge is 0.243 e. The molecule has 1 spiro atoms. The number of terminal acetylenes is 1. The van der Waals surface area contributed by atoms with Crippen LogP contribution in [0.3, 0.4) is 0 Å². The summed E-state index contributed by atoms with van der Waals surface area (Å²) in [5.74, 6) is 3.34. The van der Waals surface area contributed by atoms with E-state index in [-0.39, 0.29) is 24.8 Å². The van der Waals surface area contributed by atoms with Crippen LogP contribution in [-0.2, 0) is 15.0 Å². The van der Waals surface area contributed by atoms with Gasteiger partial charge in [-0.25, -0.2) is 4.68 Å². The lowest BCUT2D eigenvalue weighted by Gasteiger charge is -2.32. The van der Waals surface area contributed by atoms with Crippen LogP contribution in [0, 0.1) is 19.3 Å². The van der Waals surface area contributed by atoms with Crippen LogP contribution >= 0.6 is 0 Å². The van der Waals surface area contributed by atoms with Crippen molar-refractivity contribution in [2.24, 2.45) is 0 Å². The second kappa shape index (κ2) is 6.74. The summed E-state index contributed by atoms with van der Waals surface area (Å²) >= 11 is 0. The third-order valence-corrected chi connectivity index (χ3v) is 6.06. The molecule has 1 atom stereocenters. The van der Waals surface area contributed by atoms with Crippen molar-refractivity contribution in [3.63, 3.8) is 0 Å². The number of rotatable bonds is 3. The average Bonchev–Trinajstić information content (AvgIpc) is 3.29. The van der Waals surface area contributed by atoms with Gasteiger partial charge in [0.25, 0.3) is 0 Å². The number of hydrogen-bond acceptors (Lipinski definition) is 4. The van der Waals surface area contributed by atoms with E-state index >= 15 is 0 Å². The van der Waals surface area contributed by atoms with E-state index in [0.29, 0.717) is 17.1 Å². The lowest BCUT2D eigenvalue weighted by atomic mass is 9.71. The molecule has 2 aliphatic rings. The second-order valence-electron chi connectivity index (χ2n) is 7.71. The molecule has 7 heteroatoms. The number of carbonyl (C=O) groups is 2. The number of hydrogen-bond donors (Lipinski definition) is 1. The zero-order valence-corrected chi connectivity index (χ0v) is 17.2. The molecule has 154 valence electrons. The zero-order valence-electron chi connectivity index (χ0n) is 17.2. The van der Waals surface area contributed by atoms with Gasteiger partial charge >= 0.3 is 0 Å². The highest BCUT2D eigenvalue weighted by atomic mass is 16.5. The number of fused-ring (bicyclic) bond motifs is 4. The minimum atomic E-state index is -1.15. The van der Waals surface area contributed by atoms with Crippen molar-refractivity contribution < 1.29 is 14.3 Å². The lowest BCUT2D eigenvalue weighted by Crippen LogP contribution is -2.46. The maximum absolute atomic E-state index is 13.8. The van der Waals surface area contributed by atoms with E-state index in [0.717, 1.165) is 22.5 Å². The summed E-state index contributed by atoms with van der Waals surface area (Å²) in [6.45, 7) is 2.08. The number of nitrogens with zero attached hydrogens (tertiary/aromatic N) is 3. The van der Waals surface area contributed by atoms with Crippen LogP contribution in [0.15, 0.2) is 48.7 Å². The van der Waals surface area contributed by atoms with E-state index in [1.165, 1.54) is 0 Å². The van der Waals surface area contributed by atoms with E-state index in [1.807, 2.05) is 49.4 Å². The van der Waals surface area contributed by atoms with E-state index in [4.69, 9.17) is 11.2 Å². The molecule has 5 rings (SSSR count). The third-order valence-electron chi connectivity index (χ3n) is 6.06. The molecule has 1 aromatic heterocycles. The van der Waals surface area contributed by atoms with Crippen molar-refractivity contribution >= 4 is 23.3 Å². The monoisotopic (exact) mass is 412 g/mol. The molecule has 31 heavy (non-hydrogen) atoms. The van der Waals surface area contributed by atoms with Crippen LogP contribution in [0.25, 0.3) is 5.69 Å². The molecular weight excluding hydrogens is 392 g/mol. The van der Waals surface area contributed by atoms with Crippen LogP contribution in [0.1, 0.15) is 23.1 Å². The summed E-state index contributed by atoms with van der Waals surface area (Å²) in [4.78, 5) is 28.3. The van der Waals surface area contributed by atoms with Gasteiger partial charge in [-0.1, -0.05) is 24.1 Å². The summed E-state index contributed by atoms with van der Waals surface area (Å²) in [5, 5.41) is 7.45. The molecule has 1 unspecified atom stereocenters. The van der Waals surface area contributed by atoms with Crippen molar-refractivity contribution in [1.82, 2.24) is 9.78 Å². The molecule has 0 aliphatic carbocycles. The SMILES string of the molecule is C#CCN1C(=O)C2(CC(=O)Nc3c2cnn3-c2ccc(OC)cc2)c2cccc(C)c21. The molecule has 0 radical (unpaired) electrons. The van der Waals surface area contributed by atoms with Crippen LogP contribution in [-0.4, -0.2) is 35.2 Å². The number of carbonyl (C=O) groups excluding carboxylic acids is 2. The summed E-state index contributed by atoms with van der Waals surface area (Å²) < 4.78 is 6.86. The summed E-state index contributed by atoms with van der Waals surface area (Å²) in [6, 6.07) is 13.1. The van der Waals surface area contributed by atoms with Gasteiger partial charge in [0.2, 0.25) is 11.8 Å². The molecule has 3 aromatic rings. The quantitative estimate of drug-likeness (QED) is 0.672. The van der Waals surface area contributed by atoms with Gasteiger partial charge in [-0.2, -0.15) is 5.10 Å². The minimum Gasteiger partial charge on any atom is -0.497 e. The second-order valence-corrected chi connectivity index (χ2v) is 7.71. The average molecular weight is 412 g/mol. The summed E-state index contributed by atoms with van der Waals surface area (Å²) in [5.41, 5.74) is 2.77. The maximum Gasteiger partial charge on any atom is 0.243 e. The Kier molecular flexibility index (Phi) is 4.12. The molecule has 1 N–H and O–H groups in total. The highest BCUT2D eigenvalue weighted by molar-refractivity contribution is 6.16. The number of benzene rings is 2. The molecule has 2 amide bonds. The molecule has 0 fully saturated rings. The maximum atomic E-state index is 13.8. The fourth-order valence-electron chi connectivity index (χ4n) is 4.69. The van der Waals surface area contributed by atoms with Crippen molar-refractivity contribution in [2.75, 3.05) is 23.9 Å². The molecule has 7 nitrogen and oxygen atoms in total. The summed E-state index contributed by atoms with van der Waals surface area (Å²) in [6.07, 6.45) is 7.25. The van der Waals surface area contributed by atoms with Gasteiger partial charge in [-0.15, -0.1) is 6.42 Å². The Hall–Kier alpha value is -4.05. The highest BCUT2D eigenvalue weighted by Crippen LogP contribution is 2.53. The van der Waals surface area contributed by atoms with Crippen molar-refractivity contribution in [3.05, 3.63) is 65.4 Å². The number of methoxy groups -OCH3 is 1. The van der Waals surface area contributed by atoms with Crippen molar-refractivity contribution in [1.29, 1.82) is 0 Å². The molecule has 0 bridgehead atoms. The Bertz CT molecular complexity index is 1270. The van der Waals surface area contributed by atoms with E-state index in [2.05, 4.69) is 16.3 Å². The zero-order chi connectivity index (χ0) is 21.8. The first-order valence-corrected chi connectivity index (χ1v) is 9.89. The third kappa shape index (κ3) is 2.51. The number of ether oxygens (including phenoxy) is 1. The molecule has 0 saturated heterocycles. The van der Waals surface area contributed by atoms with Crippen LogP contribution in [0.4, 0.5) is 11.5 Å². The summed E-state index contributed by atoms with van der Waals surface area (Å²) in [7, 11) is 1.60. The van der Waals surface area contributed by atoms with Crippen molar-refractivity contribution in [2.45, 2.75) is 18.8 Å². The van der Waals surface area contributed by atoms with Gasteiger partial charge in [-0.3, -0.25) is 14.5 Å². The van der Waals surface area contributed by atoms with E-state index in [9.17, 15) is 9.59 Å². The van der Waals surface area contributed by atoms with Gasteiger partial charge < -0.3 is 10.1 Å². The first-order chi connectivity index (χ1) is 15.0. The Balaban J connectivity index is 1.74. The molecule has 2 aliphatic heterocycles. The van der Waals surface area contributed by atoms with Gasteiger partial charge in [0.05, 0.1) is 31.2 Å². The Morgan fingerprint density at radius 3 is 2.68 bits per heavy atom. The van der Waals surface area contributed by atoms with Crippen molar-refractivity contribution in [3.8, 4) is 23.8 Å². The van der Waals surface area contributed by atoms with Gasteiger partial charge in [-0.05, 0) is 42.3 Å². The number of aryl methyl sites for hydroxylation is 1. The predicted octanol–water partition coefficient (Wildman–Crippen LogP) is 2.80. The van der Waals surface area contributed by atoms with Crippen LogP contribution in [0.2, 0.25) is 0 Å². The highest BCUT2D eigenvalue weighted by Gasteiger charge is 2.57. The van der Waals surface area contributed by atoms with Gasteiger partial charge in [0.15, 0.2) is 0 Å². The normalized spacial score (nSPS) is 19.1. The fourth-order valence-corrected chi connectivity index (χ4v) is 4.69. The number of amides is 2. The van der Waals surface area contributed by atoms with Gasteiger partial charge in [0, 0.05) is 12.0 Å². The van der Waals surface area contributed by atoms with Crippen LogP contribution in [0.5, 0.6) is 5.75 Å². The van der Waals surface area contributed by atoms with Gasteiger partial charge in [0.1, 0.15) is 17.0 Å². The standard InChI is InChI=1S/C24H20N4O3/c1-4-12-27-21-15(2)6-5-7-18(21)24(23(27)30)13-20(29)26-22-19(24)14-25-28(22)16-8-10-17(31-3)11-9-16/h1,5-11,14H,12-13H2,2-3H3,(H,26,29). The Labute approximate surface area is 179 Å². The number of para-hydroxylation sites is 1. The predicted molar refractivity (Wildman–Crippen MR) is 117 cm³/mol. The fraction of sp³-hybridized carbons (Fsp3) is 0.208. The first-order valence-electron chi connectivity index (χ1n) is 9.89. The first kappa shape index (κ1) is 18.9. The number of aromatic nitrogens is 2. The number of nitrogens with one attached hydrogen (secondary N) is 1. The molecule has 3 heterocycles. The molecular formula is C24H20N4O3. The Morgan fingerprint density at radius 2 is 1.97 bits per heavy atom. The number of anilines is 2. The minimum absolute atomic E-state index is 0.00463. The van der Waals surface area contributed by atoms with E-state index in [1.54, 1.807) is 22.9 Å². The van der Waals surface area contributed by atoms with Crippen LogP contribution < -0.4 is 15.0 Å².